The van der Waals surface area contributed by atoms with Crippen molar-refractivity contribution in [2.24, 2.45) is 5.92 Å². The molecule has 0 amide bonds. The summed E-state index contributed by atoms with van der Waals surface area (Å²) < 4.78 is 34.6. The van der Waals surface area contributed by atoms with Crippen molar-refractivity contribution in [3.05, 3.63) is 0 Å². The molecule has 0 rings (SSSR count). The minimum atomic E-state index is -4.22. The summed E-state index contributed by atoms with van der Waals surface area (Å²) in [4.78, 5) is 10.7. The van der Waals surface area contributed by atoms with Gasteiger partial charge in [-0.15, -0.1) is 0 Å². The Morgan fingerprint density at radius 3 is 2.50 bits per heavy atom. The Hall–Kier alpha value is -0.660. The van der Waals surface area contributed by atoms with Gasteiger partial charge in [0.2, 0.25) is 0 Å². The fraction of sp³-hybridized carbons (Fsp3) is 0.800. The molecule has 12 heavy (non-hydrogen) atoms. The number of carbonyl (C=O) groups is 1. The van der Waals surface area contributed by atoms with Crippen molar-refractivity contribution in [1.29, 1.82) is 0 Å². The molecule has 0 saturated carbocycles. The highest BCUT2D eigenvalue weighted by Gasteiger charge is 2.15. The molecule has 0 unspecified atom stereocenters. The Kier molecular flexibility index (Phi) is 4.15. The lowest BCUT2D eigenvalue weighted by atomic mass is 10.2. The molecule has 0 heterocycles. The zero-order valence-corrected chi connectivity index (χ0v) is 7.59. The molecule has 0 aromatic rings. The molecule has 0 radical (unpaired) electrons. The zero-order valence-electron chi connectivity index (χ0n) is 6.77. The zero-order chi connectivity index (χ0) is 9.78. The topological polar surface area (TPSA) is 92.7 Å². The molecular weight excluding hydrogens is 186 g/mol. The second-order valence-corrected chi connectivity index (χ2v) is 3.49. The van der Waals surface area contributed by atoms with Gasteiger partial charge in [0.15, 0.2) is 0 Å². The van der Waals surface area contributed by atoms with E-state index in [1.165, 1.54) is 14.0 Å². The molecule has 1 atom stereocenters. The highest BCUT2D eigenvalue weighted by atomic mass is 32.2. The maximum absolute atomic E-state index is 10.7. The van der Waals surface area contributed by atoms with Crippen LogP contribution in [0.3, 0.4) is 0 Å². The van der Waals surface area contributed by atoms with E-state index in [0.29, 0.717) is 0 Å². The van der Waals surface area contributed by atoms with Crippen LogP contribution in [0.25, 0.3) is 0 Å². The summed E-state index contributed by atoms with van der Waals surface area (Å²) in [6.45, 7) is 1.30. The maximum atomic E-state index is 10.7. The molecule has 0 spiro atoms. The number of esters is 1. The summed E-state index contributed by atoms with van der Waals surface area (Å²) >= 11 is 0. The summed E-state index contributed by atoms with van der Waals surface area (Å²) in [5.41, 5.74) is 0. The molecule has 0 aromatic carbocycles. The van der Waals surface area contributed by atoms with E-state index in [9.17, 15) is 13.2 Å². The Morgan fingerprint density at radius 2 is 2.17 bits per heavy atom. The van der Waals surface area contributed by atoms with Crippen LogP contribution >= 0.6 is 0 Å². The first-order valence-electron chi connectivity index (χ1n) is 3.16. The molecular formula is C5H11NO5S. The second-order valence-electron chi connectivity index (χ2n) is 2.25. The van der Waals surface area contributed by atoms with Crippen LogP contribution in [-0.4, -0.2) is 32.6 Å². The van der Waals surface area contributed by atoms with Gasteiger partial charge in [-0.25, -0.2) is 0 Å². The molecule has 0 saturated heterocycles. The standard InChI is InChI=1S/C5H11NO5S/c1-4(5(7)11-2)3-6-12(8,9)10/h4,6H,3H2,1-2H3,(H,8,9,10)/t4-/m0/s1. The van der Waals surface area contributed by atoms with E-state index in [1.807, 2.05) is 0 Å². The van der Waals surface area contributed by atoms with Gasteiger partial charge < -0.3 is 4.74 Å². The van der Waals surface area contributed by atoms with E-state index in [0.717, 1.165) is 0 Å². The lowest BCUT2D eigenvalue weighted by molar-refractivity contribution is -0.144. The third-order valence-electron chi connectivity index (χ3n) is 1.18. The van der Waals surface area contributed by atoms with E-state index in [2.05, 4.69) is 4.74 Å². The summed E-state index contributed by atoms with van der Waals surface area (Å²) in [6.07, 6.45) is 0. The lowest BCUT2D eigenvalue weighted by Gasteiger charge is -2.07. The van der Waals surface area contributed by atoms with Crippen molar-refractivity contribution in [2.45, 2.75) is 6.92 Å². The van der Waals surface area contributed by atoms with Crippen LogP contribution in [0.5, 0.6) is 0 Å². The molecule has 72 valence electrons. The smallest absolute Gasteiger partial charge is 0.333 e. The number of hydrogen-bond donors (Lipinski definition) is 2. The number of carbonyl (C=O) groups excluding carboxylic acids is 1. The third-order valence-corrected chi connectivity index (χ3v) is 1.71. The average Bonchev–Trinajstić information content (AvgIpc) is 1.97. The SMILES string of the molecule is COC(=O)[C@@H](C)CNS(=O)(=O)O. The molecule has 0 fully saturated rings. The van der Waals surface area contributed by atoms with Crippen LogP contribution in [0, 0.1) is 5.92 Å². The van der Waals surface area contributed by atoms with Crippen LogP contribution in [0.15, 0.2) is 0 Å². The molecule has 0 aliphatic heterocycles. The molecule has 0 aromatic heterocycles. The summed E-state index contributed by atoms with van der Waals surface area (Å²) in [5, 5.41) is 0. The largest absolute Gasteiger partial charge is 0.469 e. The molecule has 0 aliphatic rings. The molecule has 2 N–H and O–H groups in total. The van der Waals surface area contributed by atoms with Gasteiger partial charge in [0.05, 0.1) is 13.0 Å². The van der Waals surface area contributed by atoms with E-state index in [1.54, 1.807) is 4.72 Å². The second kappa shape index (κ2) is 4.39. The van der Waals surface area contributed by atoms with Crippen molar-refractivity contribution >= 4 is 16.3 Å². The van der Waals surface area contributed by atoms with Crippen molar-refractivity contribution in [2.75, 3.05) is 13.7 Å². The monoisotopic (exact) mass is 197 g/mol. The third kappa shape index (κ3) is 5.05. The van der Waals surface area contributed by atoms with Gasteiger partial charge >= 0.3 is 16.3 Å². The summed E-state index contributed by atoms with van der Waals surface area (Å²) in [6, 6.07) is 0. The van der Waals surface area contributed by atoms with Crippen LogP contribution in [0.2, 0.25) is 0 Å². The minimum Gasteiger partial charge on any atom is -0.469 e. The van der Waals surface area contributed by atoms with Crippen molar-refractivity contribution < 1.29 is 22.5 Å². The molecule has 0 aliphatic carbocycles. The summed E-state index contributed by atoms with van der Waals surface area (Å²) in [5.74, 6) is -1.15. The van der Waals surface area contributed by atoms with E-state index < -0.39 is 22.2 Å². The van der Waals surface area contributed by atoms with E-state index in [4.69, 9.17) is 4.55 Å². The van der Waals surface area contributed by atoms with Gasteiger partial charge in [0.25, 0.3) is 0 Å². The Bertz CT molecular complexity index is 247. The van der Waals surface area contributed by atoms with Crippen molar-refractivity contribution in [3.8, 4) is 0 Å². The molecule has 0 bridgehead atoms. The highest BCUT2D eigenvalue weighted by Crippen LogP contribution is 1.95. The van der Waals surface area contributed by atoms with Crippen LogP contribution < -0.4 is 4.72 Å². The normalized spacial score (nSPS) is 13.9. The van der Waals surface area contributed by atoms with Gasteiger partial charge in [-0.05, 0) is 0 Å². The number of hydrogen-bond acceptors (Lipinski definition) is 4. The molecule has 6 nitrogen and oxygen atoms in total. The van der Waals surface area contributed by atoms with Crippen LogP contribution in [-0.2, 0) is 19.8 Å². The molecule has 7 heteroatoms. The van der Waals surface area contributed by atoms with Gasteiger partial charge in [-0.2, -0.15) is 13.1 Å². The fourth-order valence-corrected chi connectivity index (χ4v) is 0.975. The maximum Gasteiger partial charge on any atom is 0.333 e. The number of rotatable bonds is 4. The summed E-state index contributed by atoms with van der Waals surface area (Å²) in [7, 11) is -3.02. The Labute approximate surface area is 70.8 Å². The number of nitrogens with one attached hydrogen (secondary N) is 1. The van der Waals surface area contributed by atoms with Crippen LogP contribution in [0.1, 0.15) is 6.92 Å². The van der Waals surface area contributed by atoms with Crippen molar-refractivity contribution in [3.63, 3.8) is 0 Å². The van der Waals surface area contributed by atoms with E-state index in [-0.39, 0.29) is 6.54 Å². The first-order valence-corrected chi connectivity index (χ1v) is 4.60. The van der Waals surface area contributed by atoms with Gasteiger partial charge in [0, 0.05) is 6.54 Å². The minimum absolute atomic E-state index is 0.175. The quantitative estimate of drug-likeness (QED) is 0.454. The number of ether oxygens (including phenoxy) is 1. The Balaban J connectivity index is 3.88. The fourth-order valence-electron chi connectivity index (χ4n) is 0.515. The first-order chi connectivity index (χ1) is 5.37. The van der Waals surface area contributed by atoms with Crippen molar-refractivity contribution in [1.82, 2.24) is 4.72 Å². The van der Waals surface area contributed by atoms with Gasteiger partial charge in [-0.3, -0.25) is 9.35 Å². The van der Waals surface area contributed by atoms with Gasteiger partial charge in [-0.1, -0.05) is 6.92 Å². The highest BCUT2D eigenvalue weighted by molar-refractivity contribution is 7.83. The predicted octanol–water partition coefficient (Wildman–Crippen LogP) is -0.812. The Morgan fingerprint density at radius 1 is 1.67 bits per heavy atom. The van der Waals surface area contributed by atoms with E-state index >= 15 is 0 Å². The predicted molar refractivity (Wildman–Crippen MR) is 40.7 cm³/mol. The van der Waals surface area contributed by atoms with Gasteiger partial charge in [0.1, 0.15) is 0 Å². The first kappa shape index (κ1) is 11.3. The number of methoxy groups -OCH3 is 1. The van der Waals surface area contributed by atoms with Crippen LogP contribution in [0.4, 0.5) is 0 Å². The average molecular weight is 197 g/mol. The lowest BCUT2D eigenvalue weighted by Crippen LogP contribution is -2.31.